The molecule has 0 saturated heterocycles. The topological polar surface area (TPSA) is 137 Å². The van der Waals surface area contributed by atoms with Crippen LogP contribution in [0.2, 0.25) is 0 Å². The average Bonchev–Trinajstić information content (AvgIpc) is 3.40. The van der Waals surface area contributed by atoms with E-state index in [-0.39, 0.29) is 17.9 Å². The minimum absolute atomic E-state index is 0.0862. The summed E-state index contributed by atoms with van der Waals surface area (Å²) in [5.74, 6) is 0.152. The summed E-state index contributed by atoms with van der Waals surface area (Å²) in [7, 11) is 0. The number of benzene rings is 1. The van der Waals surface area contributed by atoms with Crippen molar-refractivity contribution in [3.05, 3.63) is 24.4 Å². The highest BCUT2D eigenvalue weighted by atomic mass is 32.1. The second kappa shape index (κ2) is 6.20. The van der Waals surface area contributed by atoms with Crippen LogP contribution in [0.4, 0.5) is 5.95 Å². The Bertz CT molecular complexity index is 1150. The van der Waals surface area contributed by atoms with E-state index in [1.807, 2.05) is 18.2 Å². The van der Waals surface area contributed by atoms with Crippen molar-refractivity contribution in [2.45, 2.75) is 25.3 Å². The number of amides is 1. The van der Waals surface area contributed by atoms with Crippen LogP contribution in [0, 0.1) is 5.92 Å². The molecule has 1 fully saturated rings. The van der Waals surface area contributed by atoms with Crippen molar-refractivity contribution in [3.63, 3.8) is 0 Å². The lowest BCUT2D eigenvalue weighted by atomic mass is 10.1. The van der Waals surface area contributed by atoms with Gasteiger partial charge in [0.1, 0.15) is 11.0 Å². The Morgan fingerprint density at radius 3 is 2.96 bits per heavy atom. The average molecular weight is 381 g/mol. The van der Waals surface area contributed by atoms with E-state index in [2.05, 4.69) is 34.3 Å². The Labute approximate surface area is 157 Å². The highest BCUT2D eigenvalue weighted by Crippen LogP contribution is 2.27. The second-order valence-corrected chi connectivity index (χ2v) is 7.12. The molecule has 3 N–H and O–H groups in total. The lowest BCUT2D eigenvalue weighted by molar-refractivity contribution is -0.121. The first-order valence-corrected chi connectivity index (χ1v) is 9.27. The van der Waals surface area contributed by atoms with Crippen LogP contribution >= 0.6 is 11.7 Å². The minimum atomic E-state index is -0.245. The van der Waals surface area contributed by atoms with Crippen LogP contribution in [0.15, 0.2) is 24.4 Å². The van der Waals surface area contributed by atoms with E-state index in [0.29, 0.717) is 23.5 Å². The van der Waals surface area contributed by atoms with Crippen LogP contribution in [-0.4, -0.2) is 45.7 Å². The number of fused-ring (bicyclic) bond motifs is 2. The predicted molar refractivity (Wildman–Crippen MR) is 99.4 cm³/mol. The molecule has 10 nitrogen and oxygen atoms in total. The largest absolute Gasteiger partial charge is 0.369 e. The molecule has 27 heavy (non-hydrogen) atoms. The summed E-state index contributed by atoms with van der Waals surface area (Å²) in [5, 5.41) is 11.6. The van der Waals surface area contributed by atoms with Gasteiger partial charge >= 0.3 is 0 Å². The number of aromatic nitrogens is 7. The zero-order valence-electron chi connectivity index (χ0n) is 14.1. The molecule has 11 heteroatoms. The van der Waals surface area contributed by atoms with Crippen molar-refractivity contribution < 1.29 is 4.79 Å². The normalized spacial score (nSPS) is 19.7. The summed E-state index contributed by atoms with van der Waals surface area (Å²) in [4.78, 5) is 20.2. The second-order valence-electron chi connectivity index (χ2n) is 6.59. The molecule has 1 aliphatic rings. The highest BCUT2D eigenvalue weighted by Gasteiger charge is 2.28. The van der Waals surface area contributed by atoms with Crippen molar-refractivity contribution in [3.8, 4) is 5.69 Å². The lowest BCUT2D eigenvalue weighted by Gasteiger charge is -2.12. The number of carbonyl (C=O) groups is 1. The van der Waals surface area contributed by atoms with Gasteiger partial charge < -0.3 is 11.1 Å². The summed E-state index contributed by atoms with van der Waals surface area (Å²) in [6, 6.07) is 5.82. The molecule has 3 heterocycles. The summed E-state index contributed by atoms with van der Waals surface area (Å²) in [6.45, 7) is 0. The molecule has 1 saturated carbocycles. The van der Waals surface area contributed by atoms with E-state index in [9.17, 15) is 4.79 Å². The molecule has 5 rings (SSSR count). The van der Waals surface area contributed by atoms with Crippen molar-refractivity contribution in [2.24, 2.45) is 11.7 Å². The summed E-state index contributed by atoms with van der Waals surface area (Å²) in [5.41, 5.74) is 9.04. The van der Waals surface area contributed by atoms with Crippen LogP contribution in [0.1, 0.15) is 19.3 Å². The summed E-state index contributed by atoms with van der Waals surface area (Å²) in [6.07, 6.45) is 3.98. The number of hydrogen-bond donors (Lipinski definition) is 2. The number of rotatable bonds is 4. The van der Waals surface area contributed by atoms with Gasteiger partial charge in [0.2, 0.25) is 11.9 Å². The molecule has 0 unspecified atom stereocenters. The van der Waals surface area contributed by atoms with Gasteiger partial charge in [0, 0.05) is 12.0 Å². The first-order chi connectivity index (χ1) is 13.2. The number of primary amides is 1. The number of nitrogens with zero attached hydrogens (tertiary/aromatic N) is 7. The fourth-order valence-corrected chi connectivity index (χ4v) is 3.94. The molecule has 2 atom stereocenters. The van der Waals surface area contributed by atoms with Crippen LogP contribution in [0.25, 0.3) is 27.9 Å². The fraction of sp³-hybridized carbons (Fsp3) is 0.312. The third kappa shape index (κ3) is 2.85. The predicted octanol–water partition coefficient (Wildman–Crippen LogP) is 1.28. The first kappa shape index (κ1) is 16.0. The molecular weight excluding hydrogens is 366 g/mol. The van der Waals surface area contributed by atoms with Crippen molar-refractivity contribution in [1.82, 2.24) is 33.7 Å². The first-order valence-electron chi connectivity index (χ1n) is 8.54. The van der Waals surface area contributed by atoms with Gasteiger partial charge in [-0.2, -0.15) is 18.4 Å². The van der Waals surface area contributed by atoms with Crippen molar-refractivity contribution in [2.75, 3.05) is 5.32 Å². The molecule has 3 aromatic heterocycles. The van der Waals surface area contributed by atoms with E-state index < -0.39 is 0 Å². The van der Waals surface area contributed by atoms with Gasteiger partial charge in [-0.15, -0.1) is 5.10 Å². The number of nitrogens with one attached hydrogen (secondary N) is 1. The maximum Gasteiger partial charge on any atom is 0.225 e. The van der Waals surface area contributed by atoms with Gasteiger partial charge in [0.25, 0.3) is 0 Å². The molecule has 0 bridgehead atoms. The Balaban J connectivity index is 1.46. The molecule has 136 valence electrons. The van der Waals surface area contributed by atoms with E-state index in [1.165, 1.54) is 11.7 Å². The zero-order valence-corrected chi connectivity index (χ0v) is 14.9. The third-order valence-corrected chi connectivity index (χ3v) is 5.40. The smallest absolute Gasteiger partial charge is 0.225 e. The lowest BCUT2D eigenvalue weighted by Crippen LogP contribution is -2.23. The molecule has 1 amide bonds. The molecule has 1 aliphatic carbocycles. The zero-order chi connectivity index (χ0) is 18.4. The van der Waals surface area contributed by atoms with Crippen molar-refractivity contribution >= 4 is 45.8 Å². The van der Waals surface area contributed by atoms with E-state index in [0.717, 1.165) is 29.6 Å². The van der Waals surface area contributed by atoms with Gasteiger partial charge in [0.15, 0.2) is 11.2 Å². The van der Waals surface area contributed by atoms with E-state index in [1.54, 1.807) is 10.9 Å². The highest BCUT2D eigenvalue weighted by molar-refractivity contribution is 7.00. The number of nitrogens with two attached hydrogens (primary N) is 1. The standard InChI is InChI=1S/C16H15N9OS/c17-14(26)8-1-2-9(5-8)19-16-18-7-13-15(20-16)25(24-21-13)10-3-4-11-12(6-10)23-27-22-11/h3-4,6-9H,1-2,5H2,(H2,17,26)(H,18,19,20)/t8-,9-/m1/s1. The van der Waals surface area contributed by atoms with Crippen molar-refractivity contribution in [1.29, 1.82) is 0 Å². The molecular formula is C16H15N9OS. The molecule has 0 spiro atoms. The monoisotopic (exact) mass is 381 g/mol. The number of anilines is 1. The van der Waals surface area contributed by atoms with Gasteiger partial charge in [-0.25, -0.2) is 4.98 Å². The number of carbonyl (C=O) groups excluding carboxylic acids is 1. The van der Waals surface area contributed by atoms with Gasteiger partial charge in [-0.1, -0.05) is 5.21 Å². The van der Waals surface area contributed by atoms with Crippen LogP contribution in [0.3, 0.4) is 0 Å². The SMILES string of the molecule is NC(=O)[C@@H]1CC[C@@H](Nc2ncc3nnn(-c4ccc5nsnc5c4)c3n2)C1. The fourth-order valence-electron chi connectivity index (χ4n) is 3.43. The molecule has 0 aliphatic heterocycles. The summed E-state index contributed by atoms with van der Waals surface area (Å²) < 4.78 is 10.1. The molecule has 1 aromatic carbocycles. The Morgan fingerprint density at radius 2 is 2.11 bits per heavy atom. The Kier molecular flexibility index (Phi) is 3.67. The Hall–Kier alpha value is -3.21. The third-order valence-electron chi connectivity index (χ3n) is 4.84. The molecule has 0 radical (unpaired) electrons. The summed E-state index contributed by atoms with van der Waals surface area (Å²) >= 11 is 1.17. The van der Waals surface area contributed by atoms with Crippen LogP contribution < -0.4 is 11.1 Å². The van der Waals surface area contributed by atoms with E-state index >= 15 is 0 Å². The minimum Gasteiger partial charge on any atom is -0.369 e. The van der Waals surface area contributed by atoms with Gasteiger partial charge in [-0.3, -0.25) is 4.79 Å². The number of hydrogen-bond acceptors (Lipinski definition) is 9. The van der Waals surface area contributed by atoms with Gasteiger partial charge in [-0.05, 0) is 37.5 Å². The maximum absolute atomic E-state index is 11.3. The van der Waals surface area contributed by atoms with E-state index in [4.69, 9.17) is 5.73 Å². The van der Waals surface area contributed by atoms with Crippen LogP contribution in [-0.2, 0) is 4.79 Å². The Morgan fingerprint density at radius 1 is 1.22 bits per heavy atom. The van der Waals surface area contributed by atoms with Crippen LogP contribution in [0.5, 0.6) is 0 Å². The quantitative estimate of drug-likeness (QED) is 0.539. The maximum atomic E-state index is 11.3. The molecule has 4 aromatic rings. The van der Waals surface area contributed by atoms with Gasteiger partial charge in [0.05, 0.1) is 23.6 Å².